The highest BCUT2D eigenvalue weighted by Crippen LogP contribution is 2.29. The molecule has 18 heavy (non-hydrogen) atoms. The monoisotopic (exact) mass is 249 g/mol. The molecule has 0 amide bonds. The minimum Gasteiger partial charge on any atom is -0.334 e. The zero-order chi connectivity index (χ0) is 12.8. The van der Waals surface area contributed by atoms with Crippen molar-refractivity contribution in [1.82, 2.24) is 14.9 Å². The zero-order valence-electron chi connectivity index (χ0n) is 11.9. The van der Waals surface area contributed by atoms with Gasteiger partial charge in [0.25, 0.3) is 0 Å². The summed E-state index contributed by atoms with van der Waals surface area (Å²) in [6, 6.07) is 0. The molecule has 3 heteroatoms. The summed E-state index contributed by atoms with van der Waals surface area (Å²) in [5.41, 5.74) is 0. The molecule has 0 bridgehead atoms. The van der Waals surface area contributed by atoms with E-state index in [1.165, 1.54) is 38.6 Å². The average molecular weight is 249 g/mol. The fourth-order valence-electron chi connectivity index (χ4n) is 2.99. The van der Waals surface area contributed by atoms with E-state index < -0.39 is 0 Å². The van der Waals surface area contributed by atoms with E-state index in [4.69, 9.17) is 0 Å². The van der Waals surface area contributed by atoms with Gasteiger partial charge in [0.15, 0.2) is 0 Å². The number of nitrogens with one attached hydrogen (secondary N) is 1. The quantitative estimate of drug-likeness (QED) is 0.785. The first-order valence-corrected chi connectivity index (χ1v) is 7.48. The Balaban J connectivity index is 1.58. The van der Waals surface area contributed by atoms with Crippen LogP contribution in [0.25, 0.3) is 0 Å². The van der Waals surface area contributed by atoms with Gasteiger partial charge >= 0.3 is 0 Å². The molecule has 102 valence electrons. The fraction of sp³-hybridized carbons (Fsp3) is 0.800. The van der Waals surface area contributed by atoms with Crippen molar-refractivity contribution in [2.75, 3.05) is 13.1 Å². The number of aryl methyl sites for hydroxylation is 1. The molecule has 0 unspecified atom stereocenters. The Labute approximate surface area is 111 Å². The highest BCUT2D eigenvalue weighted by atomic mass is 15.1. The summed E-state index contributed by atoms with van der Waals surface area (Å²) in [5, 5.41) is 3.60. The summed E-state index contributed by atoms with van der Waals surface area (Å²) >= 11 is 0. The van der Waals surface area contributed by atoms with E-state index in [2.05, 4.69) is 34.9 Å². The average Bonchev–Trinajstić information content (AvgIpc) is 2.81. The summed E-state index contributed by atoms with van der Waals surface area (Å²) in [7, 11) is 0. The second-order valence-corrected chi connectivity index (χ2v) is 5.67. The Bertz CT molecular complexity index is 337. The standard InChI is InChI=1S/C15H27N3/c1-3-14-4-6-15(7-5-14)12-16-8-10-18-11-9-17-13(18)2/h9,11,14-16H,3-8,10,12H2,1-2H3. The lowest BCUT2D eigenvalue weighted by Gasteiger charge is -2.27. The van der Waals surface area contributed by atoms with Crippen LogP contribution in [0.3, 0.4) is 0 Å². The van der Waals surface area contributed by atoms with Gasteiger partial charge in [-0.3, -0.25) is 0 Å². The van der Waals surface area contributed by atoms with Gasteiger partial charge in [-0.05, 0) is 38.1 Å². The summed E-state index contributed by atoms with van der Waals surface area (Å²) in [4.78, 5) is 4.24. The maximum atomic E-state index is 4.24. The summed E-state index contributed by atoms with van der Waals surface area (Å²) in [5.74, 6) is 3.03. The van der Waals surface area contributed by atoms with Crippen LogP contribution in [0.2, 0.25) is 0 Å². The lowest BCUT2D eigenvalue weighted by Crippen LogP contribution is -2.29. The van der Waals surface area contributed by atoms with Gasteiger partial charge in [-0.2, -0.15) is 0 Å². The van der Waals surface area contributed by atoms with E-state index in [0.717, 1.165) is 30.7 Å². The molecule has 1 aromatic rings. The van der Waals surface area contributed by atoms with E-state index in [0.29, 0.717) is 0 Å². The molecule has 1 N–H and O–H groups in total. The number of aromatic nitrogens is 2. The third kappa shape index (κ3) is 3.84. The molecule has 2 rings (SSSR count). The van der Waals surface area contributed by atoms with Crippen molar-refractivity contribution in [3.05, 3.63) is 18.2 Å². The second kappa shape index (κ2) is 6.93. The molecule has 1 saturated carbocycles. The number of hydrogen-bond acceptors (Lipinski definition) is 2. The molecule has 1 aromatic heterocycles. The van der Waals surface area contributed by atoms with Crippen LogP contribution in [-0.2, 0) is 6.54 Å². The largest absolute Gasteiger partial charge is 0.334 e. The first-order valence-electron chi connectivity index (χ1n) is 7.48. The molecule has 1 aliphatic rings. The highest BCUT2D eigenvalue weighted by molar-refractivity contribution is 4.88. The summed E-state index contributed by atoms with van der Waals surface area (Å²) in [6.45, 7) is 7.69. The van der Waals surface area contributed by atoms with Gasteiger partial charge in [0, 0.05) is 25.5 Å². The second-order valence-electron chi connectivity index (χ2n) is 5.67. The molecule has 0 spiro atoms. The van der Waals surface area contributed by atoms with Crippen LogP contribution in [0.4, 0.5) is 0 Å². The molecule has 0 atom stereocenters. The predicted octanol–water partition coefficient (Wildman–Crippen LogP) is 3.00. The topological polar surface area (TPSA) is 29.9 Å². The molecule has 1 aliphatic carbocycles. The van der Waals surface area contributed by atoms with E-state index in [1.54, 1.807) is 0 Å². The SMILES string of the molecule is CCC1CCC(CNCCn2ccnc2C)CC1. The van der Waals surface area contributed by atoms with Crippen LogP contribution < -0.4 is 5.32 Å². The molecule has 1 heterocycles. The lowest BCUT2D eigenvalue weighted by atomic mass is 9.81. The molecule has 0 radical (unpaired) electrons. The van der Waals surface area contributed by atoms with Crippen LogP contribution in [0, 0.1) is 18.8 Å². The van der Waals surface area contributed by atoms with Crippen molar-refractivity contribution < 1.29 is 0 Å². The highest BCUT2D eigenvalue weighted by Gasteiger charge is 2.19. The maximum absolute atomic E-state index is 4.24. The van der Waals surface area contributed by atoms with Crippen LogP contribution in [-0.4, -0.2) is 22.6 Å². The van der Waals surface area contributed by atoms with Crippen molar-refractivity contribution >= 4 is 0 Å². The van der Waals surface area contributed by atoms with Crippen molar-refractivity contribution in [2.24, 2.45) is 11.8 Å². The zero-order valence-corrected chi connectivity index (χ0v) is 11.9. The van der Waals surface area contributed by atoms with Crippen LogP contribution in [0.15, 0.2) is 12.4 Å². The van der Waals surface area contributed by atoms with Gasteiger partial charge in [-0.25, -0.2) is 4.98 Å². The first kappa shape index (κ1) is 13.6. The Morgan fingerprint density at radius 1 is 1.28 bits per heavy atom. The third-order valence-corrected chi connectivity index (χ3v) is 4.43. The molecular weight excluding hydrogens is 222 g/mol. The number of rotatable bonds is 6. The van der Waals surface area contributed by atoms with E-state index in [-0.39, 0.29) is 0 Å². The number of hydrogen-bond donors (Lipinski definition) is 1. The Kier molecular flexibility index (Phi) is 5.24. The van der Waals surface area contributed by atoms with Gasteiger partial charge in [-0.1, -0.05) is 26.2 Å². The van der Waals surface area contributed by atoms with Crippen molar-refractivity contribution in [3.8, 4) is 0 Å². The van der Waals surface area contributed by atoms with Gasteiger partial charge in [-0.15, -0.1) is 0 Å². The van der Waals surface area contributed by atoms with Gasteiger partial charge < -0.3 is 9.88 Å². The molecule has 3 nitrogen and oxygen atoms in total. The van der Waals surface area contributed by atoms with Crippen LogP contribution >= 0.6 is 0 Å². The van der Waals surface area contributed by atoms with Gasteiger partial charge in [0.2, 0.25) is 0 Å². The normalized spacial score (nSPS) is 24.3. The maximum Gasteiger partial charge on any atom is 0.105 e. The molecule has 0 aromatic carbocycles. The summed E-state index contributed by atoms with van der Waals surface area (Å²) < 4.78 is 2.21. The minimum atomic E-state index is 0.914. The third-order valence-electron chi connectivity index (χ3n) is 4.43. The Morgan fingerprint density at radius 2 is 2.00 bits per heavy atom. The number of imidazole rings is 1. The minimum absolute atomic E-state index is 0.914. The Morgan fingerprint density at radius 3 is 2.61 bits per heavy atom. The van der Waals surface area contributed by atoms with E-state index >= 15 is 0 Å². The smallest absolute Gasteiger partial charge is 0.105 e. The molecular formula is C15H27N3. The molecule has 0 aliphatic heterocycles. The van der Waals surface area contributed by atoms with Crippen molar-refractivity contribution in [1.29, 1.82) is 0 Å². The first-order chi connectivity index (χ1) is 8.79. The lowest BCUT2D eigenvalue weighted by molar-refractivity contribution is 0.262. The van der Waals surface area contributed by atoms with Crippen LogP contribution in [0.1, 0.15) is 44.9 Å². The molecule has 1 fully saturated rings. The Hall–Kier alpha value is -0.830. The van der Waals surface area contributed by atoms with Gasteiger partial charge in [0.05, 0.1) is 0 Å². The molecule has 0 saturated heterocycles. The fourth-order valence-corrected chi connectivity index (χ4v) is 2.99. The van der Waals surface area contributed by atoms with Crippen molar-refractivity contribution in [3.63, 3.8) is 0 Å². The van der Waals surface area contributed by atoms with Crippen molar-refractivity contribution in [2.45, 2.75) is 52.5 Å². The van der Waals surface area contributed by atoms with E-state index in [1.807, 2.05) is 6.20 Å². The van der Waals surface area contributed by atoms with Gasteiger partial charge in [0.1, 0.15) is 5.82 Å². The van der Waals surface area contributed by atoms with Crippen LogP contribution in [0.5, 0.6) is 0 Å². The predicted molar refractivity (Wildman–Crippen MR) is 75.6 cm³/mol. The van der Waals surface area contributed by atoms with E-state index in [9.17, 15) is 0 Å². The summed E-state index contributed by atoms with van der Waals surface area (Å²) in [6.07, 6.45) is 11.1. The number of nitrogens with zero attached hydrogens (tertiary/aromatic N) is 2.